The number of ether oxygens (including phenoxy) is 2. The molecule has 0 aliphatic heterocycles. The van der Waals surface area contributed by atoms with Crippen molar-refractivity contribution in [3.05, 3.63) is 24.3 Å². The molecule has 2 aliphatic rings. The fourth-order valence-corrected chi connectivity index (χ4v) is 3.29. The summed E-state index contributed by atoms with van der Waals surface area (Å²) < 4.78 is 12.1. The van der Waals surface area contributed by atoms with Gasteiger partial charge in [0.05, 0.1) is 12.2 Å². The van der Waals surface area contributed by atoms with Crippen LogP contribution < -0.4 is 28.3 Å². The zero-order chi connectivity index (χ0) is 13.6. The van der Waals surface area contributed by atoms with Crippen molar-refractivity contribution in [1.82, 2.24) is 0 Å². The second kappa shape index (κ2) is 8.76. The van der Waals surface area contributed by atoms with Crippen molar-refractivity contribution >= 4 is 0 Å². The molecule has 0 aromatic heterocycles. The minimum Gasteiger partial charge on any atom is -0.516 e. The Morgan fingerprint density at radius 3 is 1.57 bits per heavy atom. The van der Waals surface area contributed by atoms with E-state index in [1.807, 2.05) is 18.2 Å². The van der Waals surface area contributed by atoms with Crippen LogP contribution in [0.4, 0.5) is 0 Å². The molecule has 1 aromatic carbocycles. The molecule has 0 spiro atoms. The molecule has 2 nitrogen and oxygen atoms in total. The van der Waals surface area contributed by atoms with Crippen molar-refractivity contribution in [2.24, 2.45) is 0 Å². The van der Waals surface area contributed by atoms with Crippen molar-refractivity contribution < 1.29 is 28.3 Å². The van der Waals surface area contributed by atoms with E-state index in [4.69, 9.17) is 9.47 Å². The molecular formula is C18H25LiO2. The Kier molecular flexibility index (Phi) is 7.00. The summed E-state index contributed by atoms with van der Waals surface area (Å²) in [5.74, 6) is 1.70. The van der Waals surface area contributed by atoms with Crippen LogP contribution in [0.25, 0.3) is 0 Å². The first-order chi connectivity index (χ1) is 9.90. The van der Waals surface area contributed by atoms with E-state index in [1.54, 1.807) is 0 Å². The van der Waals surface area contributed by atoms with Gasteiger partial charge in [-0.25, -0.2) is 0 Å². The van der Waals surface area contributed by atoms with Gasteiger partial charge in [0.1, 0.15) is 0 Å². The van der Waals surface area contributed by atoms with E-state index in [0.29, 0.717) is 12.2 Å². The first-order valence-corrected chi connectivity index (χ1v) is 8.26. The largest absolute Gasteiger partial charge is 1.00 e. The van der Waals surface area contributed by atoms with E-state index in [9.17, 15) is 0 Å². The van der Waals surface area contributed by atoms with Crippen LogP contribution in [0.3, 0.4) is 0 Å². The molecule has 0 heterocycles. The summed E-state index contributed by atoms with van der Waals surface area (Å²) in [5.41, 5.74) is 0. The fraction of sp³-hybridized carbons (Fsp3) is 0.667. The van der Waals surface area contributed by atoms with Crippen LogP contribution in [-0.4, -0.2) is 12.2 Å². The molecule has 1 aromatic rings. The normalized spacial score (nSPS) is 20.6. The third-order valence-electron chi connectivity index (χ3n) is 4.43. The second-order valence-electron chi connectivity index (χ2n) is 6.14. The van der Waals surface area contributed by atoms with E-state index in [-0.39, 0.29) is 18.9 Å². The van der Waals surface area contributed by atoms with Crippen molar-refractivity contribution in [3.8, 4) is 11.5 Å². The molecule has 0 amide bonds. The smallest absolute Gasteiger partial charge is 0.516 e. The molecule has 2 aliphatic carbocycles. The van der Waals surface area contributed by atoms with Gasteiger partial charge in [-0.3, -0.25) is 0 Å². The number of hydrogen-bond acceptors (Lipinski definition) is 2. The quantitative estimate of drug-likeness (QED) is 0.619. The molecule has 0 radical (unpaired) electrons. The van der Waals surface area contributed by atoms with Gasteiger partial charge in [0.15, 0.2) is 0 Å². The van der Waals surface area contributed by atoms with Crippen molar-refractivity contribution in [2.45, 2.75) is 76.4 Å². The Morgan fingerprint density at radius 2 is 1.14 bits per heavy atom. The van der Waals surface area contributed by atoms with Crippen LogP contribution in [0.1, 0.15) is 64.2 Å². The van der Waals surface area contributed by atoms with Crippen LogP contribution >= 0.6 is 0 Å². The second-order valence-corrected chi connectivity index (χ2v) is 6.14. The SMILES string of the molecule is [Li+].[c-]1c(OC2CCCCC2)cccc1OC1CCCCC1. The van der Waals surface area contributed by atoms with Crippen LogP contribution in [0.2, 0.25) is 0 Å². The molecule has 0 bridgehead atoms. The molecule has 3 heteroatoms. The van der Waals surface area contributed by atoms with E-state index in [0.717, 1.165) is 11.5 Å². The van der Waals surface area contributed by atoms with Gasteiger partial charge in [-0.15, -0.1) is 12.1 Å². The summed E-state index contributed by atoms with van der Waals surface area (Å²) >= 11 is 0. The van der Waals surface area contributed by atoms with Crippen molar-refractivity contribution in [3.63, 3.8) is 0 Å². The average Bonchev–Trinajstić information content (AvgIpc) is 2.50. The summed E-state index contributed by atoms with van der Waals surface area (Å²) in [7, 11) is 0. The minimum absolute atomic E-state index is 0. The van der Waals surface area contributed by atoms with Crippen molar-refractivity contribution in [1.29, 1.82) is 0 Å². The van der Waals surface area contributed by atoms with Gasteiger partial charge in [0.25, 0.3) is 0 Å². The fourth-order valence-electron chi connectivity index (χ4n) is 3.29. The third kappa shape index (κ3) is 5.27. The first kappa shape index (κ1) is 16.8. The van der Waals surface area contributed by atoms with Gasteiger partial charge < -0.3 is 9.47 Å². The van der Waals surface area contributed by atoms with Crippen LogP contribution in [0, 0.1) is 6.07 Å². The molecule has 0 unspecified atom stereocenters. The maximum atomic E-state index is 6.05. The number of rotatable bonds is 4. The summed E-state index contributed by atoms with van der Waals surface area (Å²) in [6, 6.07) is 9.32. The maximum absolute atomic E-state index is 6.05. The summed E-state index contributed by atoms with van der Waals surface area (Å²) in [5, 5.41) is 0. The zero-order valence-corrected chi connectivity index (χ0v) is 13.3. The number of benzene rings is 1. The van der Waals surface area contributed by atoms with E-state index in [1.165, 1.54) is 64.2 Å². The monoisotopic (exact) mass is 280 g/mol. The Bertz CT molecular complexity index is 374. The van der Waals surface area contributed by atoms with Crippen LogP contribution in [-0.2, 0) is 0 Å². The summed E-state index contributed by atoms with van der Waals surface area (Å²) in [4.78, 5) is 0. The Hall–Kier alpha value is -0.583. The molecule has 2 fully saturated rings. The van der Waals surface area contributed by atoms with E-state index < -0.39 is 0 Å². The van der Waals surface area contributed by atoms with Gasteiger partial charge in [-0.1, -0.05) is 18.9 Å². The molecule has 0 N–H and O–H groups in total. The first-order valence-electron chi connectivity index (χ1n) is 8.26. The molecular weight excluding hydrogens is 255 g/mol. The Balaban J connectivity index is 0.00000161. The predicted octanol–water partition coefficient (Wildman–Crippen LogP) is 1.91. The average molecular weight is 280 g/mol. The third-order valence-corrected chi connectivity index (χ3v) is 4.43. The zero-order valence-electron chi connectivity index (χ0n) is 13.3. The summed E-state index contributed by atoms with van der Waals surface area (Å²) in [6.45, 7) is 0. The molecule has 110 valence electrons. The van der Waals surface area contributed by atoms with Crippen LogP contribution in [0.5, 0.6) is 11.5 Å². The standard InChI is InChI=1S/C18H25O2.Li/c1-3-8-15(9-4-1)19-17-12-7-13-18(14-17)20-16-10-5-2-6-11-16;/h7,12-13,15-16H,1-6,8-11H2;/q-1;+1. The number of hydrogen-bond donors (Lipinski definition) is 0. The predicted molar refractivity (Wildman–Crippen MR) is 80.3 cm³/mol. The Labute approximate surface area is 140 Å². The van der Waals surface area contributed by atoms with Crippen LogP contribution in [0.15, 0.2) is 18.2 Å². The minimum atomic E-state index is 0. The van der Waals surface area contributed by atoms with Gasteiger partial charge in [0.2, 0.25) is 0 Å². The van der Waals surface area contributed by atoms with Gasteiger partial charge >= 0.3 is 18.9 Å². The molecule has 2 saturated carbocycles. The molecule has 0 atom stereocenters. The van der Waals surface area contributed by atoms with E-state index >= 15 is 0 Å². The molecule has 21 heavy (non-hydrogen) atoms. The maximum Gasteiger partial charge on any atom is 1.00 e. The molecule has 3 rings (SSSR count). The molecule has 0 saturated heterocycles. The van der Waals surface area contributed by atoms with Crippen molar-refractivity contribution in [2.75, 3.05) is 0 Å². The van der Waals surface area contributed by atoms with E-state index in [2.05, 4.69) is 6.07 Å². The summed E-state index contributed by atoms with van der Waals surface area (Å²) in [6.07, 6.45) is 13.4. The van der Waals surface area contributed by atoms with Gasteiger partial charge in [-0.2, -0.15) is 6.07 Å². The topological polar surface area (TPSA) is 18.5 Å². The Morgan fingerprint density at radius 1 is 0.714 bits per heavy atom. The van der Waals surface area contributed by atoms with Gasteiger partial charge in [-0.05, 0) is 51.4 Å². The van der Waals surface area contributed by atoms with Gasteiger partial charge in [0, 0.05) is 11.5 Å².